The maximum Gasteiger partial charge on any atom is 0.341 e. The fourth-order valence-corrected chi connectivity index (χ4v) is 3.24. The van der Waals surface area contributed by atoms with Crippen LogP contribution in [-0.2, 0) is 18.9 Å². The average molecular weight is 446 g/mol. The van der Waals surface area contributed by atoms with E-state index in [2.05, 4.69) is 4.74 Å². The molecule has 0 spiro atoms. The number of esters is 1. The third kappa shape index (κ3) is 5.14. The van der Waals surface area contributed by atoms with Gasteiger partial charge >= 0.3 is 5.97 Å². The first-order valence-electron chi connectivity index (χ1n) is 9.55. The van der Waals surface area contributed by atoms with Gasteiger partial charge in [-0.25, -0.2) is 4.79 Å². The Balaban J connectivity index is 1.68. The van der Waals surface area contributed by atoms with E-state index < -0.39 is 67.9 Å². The lowest BCUT2D eigenvalue weighted by Gasteiger charge is -2.41. The number of aliphatic hydroxyl groups is 6. The molecule has 0 radical (unpaired) electrons. The van der Waals surface area contributed by atoms with E-state index in [9.17, 15) is 35.4 Å². The predicted octanol–water partition coefficient (Wildman–Crippen LogP) is -2.88. The molecule has 2 fully saturated rings. The monoisotopic (exact) mass is 446 g/mol. The maximum absolute atomic E-state index is 11.9. The van der Waals surface area contributed by atoms with Crippen LogP contribution in [0.15, 0.2) is 24.3 Å². The van der Waals surface area contributed by atoms with Crippen LogP contribution in [0.4, 0.5) is 0 Å². The number of rotatable bonds is 6. The van der Waals surface area contributed by atoms with Crippen LogP contribution >= 0.6 is 0 Å². The molecule has 2 aliphatic rings. The van der Waals surface area contributed by atoms with Gasteiger partial charge < -0.3 is 54.3 Å². The quantitative estimate of drug-likeness (QED) is 0.246. The molecular formula is C19H26O12. The maximum atomic E-state index is 11.9. The van der Waals surface area contributed by atoms with Gasteiger partial charge in [0.2, 0.25) is 6.29 Å². The number of methoxy groups -OCH3 is 1. The number of hydrogen-bond acceptors (Lipinski definition) is 12. The Labute approximate surface area is 177 Å². The predicted molar refractivity (Wildman–Crippen MR) is 98.8 cm³/mol. The molecule has 0 aromatic heterocycles. The molecule has 12 nitrogen and oxygen atoms in total. The smallest absolute Gasteiger partial charge is 0.341 e. The largest absolute Gasteiger partial charge is 0.465 e. The van der Waals surface area contributed by atoms with E-state index in [0.717, 1.165) is 0 Å². The van der Waals surface area contributed by atoms with Crippen molar-refractivity contribution in [2.75, 3.05) is 20.3 Å². The molecule has 31 heavy (non-hydrogen) atoms. The summed E-state index contributed by atoms with van der Waals surface area (Å²) in [6.07, 6.45) is -13.3. The van der Waals surface area contributed by atoms with Crippen LogP contribution in [0.5, 0.6) is 5.75 Å². The van der Waals surface area contributed by atoms with Crippen molar-refractivity contribution in [3.8, 4) is 5.75 Å². The third-order valence-electron chi connectivity index (χ3n) is 5.08. The molecule has 6 N–H and O–H groups in total. The van der Waals surface area contributed by atoms with Gasteiger partial charge in [-0.15, -0.1) is 0 Å². The van der Waals surface area contributed by atoms with Gasteiger partial charge in [-0.05, 0) is 12.1 Å². The number of para-hydroxylation sites is 1. The fourth-order valence-electron chi connectivity index (χ4n) is 3.24. The highest BCUT2D eigenvalue weighted by atomic mass is 16.7. The molecule has 2 saturated heterocycles. The molecule has 0 amide bonds. The molecular weight excluding hydrogens is 420 g/mol. The highest BCUT2D eigenvalue weighted by Crippen LogP contribution is 2.28. The van der Waals surface area contributed by atoms with Crippen LogP contribution in [0.3, 0.4) is 0 Å². The zero-order valence-corrected chi connectivity index (χ0v) is 16.6. The van der Waals surface area contributed by atoms with Gasteiger partial charge in [-0.1, -0.05) is 12.1 Å². The molecule has 2 heterocycles. The summed E-state index contributed by atoms with van der Waals surface area (Å²) in [5.41, 5.74) is 0.0560. The van der Waals surface area contributed by atoms with E-state index in [1.165, 1.54) is 19.2 Å². The molecule has 0 bridgehead atoms. The van der Waals surface area contributed by atoms with Crippen molar-refractivity contribution < 1.29 is 59.1 Å². The number of ether oxygens (including phenoxy) is 5. The molecule has 1 aromatic carbocycles. The highest BCUT2D eigenvalue weighted by molar-refractivity contribution is 5.92. The Bertz CT molecular complexity index is 744. The van der Waals surface area contributed by atoms with Crippen LogP contribution in [0, 0.1) is 0 Å². The third-order valence-corrected chi connectivity index (χ3v) is 5.08. The molecule has 2 aliphatic heterocycles. The Morgan fingerprint density at radius 1 is 0.968 bits per heavy atom. The van der Waals surface area contributed by atoms with E-state index in [4.69, 9.17) is 18.9 Å². The number of carbonyl (C=O) groups excluding carboxylic acids is 1. The first kappa shape index (κ1) is 23.8. The van der Waals surface area contributed by atoms with Crippen molar-refractivity contribution in [3.63, 3.8) is 0 Å². The lowest BCUT2D eigenvalue weighted by atomic mass is 9.99. The van der Waals surface area contributed by atoms with Crippen LogP contribution in [-0.4, -0.2) is 112 Å². The number of carbonyl (C=O) groups is 1. The summed E-state index contributed by atoms with van der Waals surface area (Å²) in [7, 11) is 1.19. The van der Waals surface area contributed by atoms with Gasteiger partial charge in [0.1, 0.15) is 54.0 Å². The summed E-state index contributed by atoms with van der Waals surface area (Å²) in [5, 5.41) is 59.8. The molecule has 9 atom stereocenters. The minimum absolute atomic E-state index is 0.0183. The van der Waals surface area contributed by atoms with Gasteiger partial charge in [-0.3, -0.25) is 0 Å². The number of aliphatic hydroxyl groups excluding tert-OH is 6. The van der Waals surface area contributed by atoms with Gasteiger partial charge in [0.05, 0.1) is 20.3 Å². The van der Waals surface area contributed by atoms with Crippen molar-refractivity contribution in [1.82, 2.24) is 0 Å². The molecule has 12 heteroatoms. The van der Waals surface area contributed by atoms with E-state index in [-0.39, 0.29) is 17.9 Å². The van der Waals surface area contributed by atoms with Crippen LogP contribution < -0.4 is 4.74 Å². The summed E-state index contributed by atoms with van der Waals surface area (Å²) >= 11 is 0. The first-order chi connectivity index (χ1) is 14.7. The summed E-state index contributed by atoms with van der Waals surface area (Å²) in [6, 6.07) is 6.02. The zero-order chi connectivity index (χ0) is 22.7. The zero-order valence-electron chi connectivity index (χ0n) is 16.6. The Hall–Kier alpha value is -1.87. The summed E-state index contributed by atoms with van der Waals surface area (Å²) in [5.74, 6) is -0.671. The normalized spacial score (nSPS) is 38.5. The topological polar surface area (TPSA) is 185 Å². The van der Waals surface area contributed by atoms with E-state index in [0.29, 0.717) is 0 Å². The number of benzene rings is 1. The standard InChI is InChI=1S/C19H26O12/c1-27-17(26)8-4-2-3-5-10(8)30-19-16(25)14(23)13(22)11(31-19)7-29-18-15(24)12(21)9(20)6-28-18/h2-5,9,11-16,18-25H,6-7H2,1H3/t9-,11+,12-,13+,14-,15+,16+,18+,19-/m0/s1. The van der Waals surface area contributed by atoms with Gasteiger partial charge in [0.25, 0.3) is 0 Å². The van der Waals surface area contributed by atoms with E-state index in [1.54, 1.807) is 12.1 Å². The van der Waals surface area contributed by atoms with Crippen molar-refractivity contribution in [2.24, 2.45) is 0 Å². The SMILES string of the molecule is COC(=O)c1ccccc1O[C@H]1O[C@H](CO[C@H]2OC[C@H](O)[C@H](O)[C@H]2O)[C@@H](O)[C@H](O)[C@H]1O. The molecule has 3 rings (SSSR count). The molecule has 174 valence electrons. The minimum atomic E-state index is -1.68. The van der Waals surface area contributed by atoms with Crippen LogP contribution in [0.1, 0.15) is 10.4 Å². The fraction of sp³-hybridized carbons (Fsp3) is 0.632. The first-order valence-corrected chi connectivity index (χ1v) is 9.55. The lowest BCUT2D eigenvalue weighted by molar-refractivity contribution is -0.307. The van der Waals surface area contributed by atoms with E-state index >= 15 is 0 Å². The van der Waals surface area contributed by atoms with Crippen molar-refractivity contribution in [2.45, 2.75) is 55.3 Å². The van der Waals surface area contributed by atoms with Crippen LogP contribution in [0.25, 0.3) is 0 Å². The number of hydrogen-bond donors (Lipinski definition) is 6. The van der Waals surface area contributed by atoms with Gasteiger partial charge in [-0.2, -0.15) is 0 Å². The van der Waals surface area contributed by atoms with Crippen LogP contribution in [0.2, 0.25) is 0 Å². The minimum Gasteiger partial charge on any atom is -0.465 e. The average Bonchev–Trinajstić information content (AvgIpc) is 2.78. The molecule has 0 saturated carbocycles. The van der Waals surface area contributed by atoms with Gasteiger partial charge in [0.15, 0.2) is 6.29 Å². The summed E-state index contributed by atoms with van der Waals surface area (Å²) in [6.45, 7) is -0.706. The van der Waals surface area contributed by atoms with E-state index in [1.807, 2.05) is 0 Å². The second-order valence-electron chi connectivity index (χ2n) is 7.20. The van der Waals surface area contributed by atoms with Crippen molar-refractivity contribution >= 4 is 5.97 Å². The highest BCUT2D eigenvalue weighted by Gasteiger charge is 2.46. The summed E-state index contributed by atoms with van der Waals surface area (Å²) in [4.78, 5) is 11.9. The molecule has 0 aliphatic carbocycles. The second-order valence-corrected chi connectivity index (χ2v) is 7.20. The Morgan fingerprint density at radius 3 is 2.35 bits per heavy atom. The second kappa shape index (κ2) is 10.2. The van der Waals surface area contributed by atoms with Gasteiger partial charge in [0, 0.05) is 0 Å². The lowest BCUT2D eigenvalue weighted by Crippen LogP contribution is -2.61. The van der Waals surface area contributed by atoms with Crippen molar-refractivity contribution in [3.05, 3.63) is 29.8 Å². The van der Waals surface area contributed by atoms with Crippen molar-refractivity contribution in [1.29, 1.82) is 0 Å². The Kier molecular flexibility index (Phi) is 7.80. The summed E-state index contributed by atoms with van der Waals surface area (Å²) < 4.78 is 26.2. The molecule has 0 unspecified atom stereocenters. The Morgan fingerprint density at radius 2 is 1.65 bits per heavy atom. The molecule has 1 aromatic rings.